The standard InChI is InChI=1S/C23H20F3N3O3/c1-14-8-9-15(2)19(11-14)29-20(30)13-32-22(31)18-7-4-10-27-21(18)28-17-6-3-5-16(12-17)23(24,25)26/h3-12H,13H2,1-2H3,(H,27,28)(H,29,30). The fourth-order valence-corrected chi connectivity index (χ4v) is 2.85. The molecule has 1 aromatic heterocycles. The van der Waals surface area contributed by atoms with Gasteiger partial charge in [-0.25, -0.2) is 9.78 Å². The van der Waals surface area contributed by atoms with Gasteiger partial charge in [0.2, 0.25) is 0 Å². The average molecular weight is 443 g/mol. The second-order valence-electron chi connectivity index (χ2n) is 7.05. The lowest BCUT2D eigenvalue weighted by atomic mass is 10.1. The van der Waals surface area contributed by atoms with Crippen molar-refractivity contribution in [3.63, 3.8) is 0 Å². The van der Waals surface area contributed by atoms with E-state index in [0.29, 0.717) is 5.69 Å². The van der Waals surface area contributed by atoms with E-state index in [0.717, 1.165) is 23.3 Å². The van der Waals surface area contributed by atoms with Crippen molar-refractivity contribution in [2.75, 3.05) is 17.2 Å². The topological polar surface area (TPSA) is 80.3 Å². The molecule has 0 fully saturated rings. The van der Waals surface area contributed by atoms with E-state index in [9.17, 15) is 22.8 Å². The Kier molecular flexibility index (Phi) is 6.77. The van der Waals surface area contributed by atoms with Gasteiger partial charge in [0.05, 0.1) is 5.56 Å². The molecular formula is C23H20F3N3O3. The van der Waals surface area contributed by atoms with Crippen LogP contribution < -0.4 is 10.6 Å². The summed E-state index contributed by atoms with van der Waals surface area (Å²) in [6.07, 6.45) is -3.13. The Morgan fingerprint density at radius 2 is 1.81 bits per heavy atom. The number of halogens is 3. The first-order valence-corrected chi connectivity index (χ1v) is 9.57. The van der Waals surface area contributed by atoms with Crippen molar-refractivity contribution < 1.29 is 27.5 Å². The number of esters is 1. The summed E-state index contributed by atoms with van der Waals surface area (Å²) < 4.78 is 43.9. The molecule has 166 valence electrons. The second kappa shape index (κ2) is 9.51. The summed E-state index contributed by atoms with van der Waals surface area (Å²) in [5.41, 5.74) is 1.66. The van der Waals surface area contributed by atoms with Gasteiger partial charge in [-0.3, -0.25) is 4.79 Å². The Hall–Kier alpha value is -3.88. The number of pyridine rings is 1. The molecule has 0 saturated carbocycles. The lowest BCUT2D eigenvalue weighted by molar-refractivity contribution is -0.137. The summed E-state index contributed by atoms with van der Waals surface area (Å²) >= 11 is 0. The number of hydrogen-bond acceptors (Lipinski definition) is 5. The van der Waals surface area contributed by atoms with Crippen LogP contribution >= 0.6 is 0 Å². The third kappa shape index (κ3) is 5.84. The van der Waals surface area contributed by atoms with Crippen LogP contribution in [0.5, 0.6) is 0 Å². The first-order chi connectivity index (χ1) is 15.1. The van der Waals surface area contributed by atoms with Gasteiger partial charge in [-0.05, 0) is 61.4 Å². The number of benzene rings is 2. The Balaban J connectivity index is 1.68. The van der Waals surface area contributed by atoms with Gasteiger partial charge in [-0.2, -0.15) is 13.2 Å². The highest BCUT2D eigenvalue weighted by Crippen LogP contribution is 2.31. The number of rotatable bonds is 6. The number of aromatic nitrogens is 1. The minimum Gasteiger partial charge on any atom is -0.452 e. The number of ether oxygens (including phenoxy) is 1. The van der Waals surface area contributed by atoms with E-state index >= 15 is 0 Å². The summed E-state index contributed by atoms with van der Waals surface area (Å²) in [5, 5.41) is 5.37. The van der Waals surface area contributed by atoms with E-state index in [2.05, 4.69) is 15.6 Å². The van der Waals surface area contributed by atoms with Crippen LogP contribution in [0.2, 0.25) is 0 Å². The summed E-state index contributed by atoms with van der Waals surface area (Å²) in [6, 6.07) is 12.9. The maximum Gasteiger partial charge on any atom is 0.416 e. The first-order valence-electron chi connectivity index (χ1n) is 9.57. The molecule has 2 aromatic carbocycles. The van der Waals surface area contributed by atoms with Gasteiger partial charge < -0.3 is 15.4 Å². The van der Waals surface area contributed by atoms with E-state index in [4.69, 9.17) is 4.74 Å². The van der Waals surface area contributed by atoms with Crippen LogP contribution in [0.25, 0.3) is 0 Å². The molecule has 0 saturated heterocycles. The molecule has 0 unspecified atom stereocenters. The number of aryl methyl sites for hydroxylation is 2. The highest BCUT2D eigenvalue weighted by Gasteiger charge is 2.30. The molecule has 9 heteroatoms. The minimum atomic E-state index is -4.51. The molecule has 1 heterocycles. The van der Waals surface area contributed by atoms with Crippen LogP contribution in [-0.4, -0.2) is 23.5 Å². The molecule has 3 rings (SSSR count). The van der Waals surface area contributed by atoms with Gasteiger partial charge in [0.15, 0.2) is 6.61 Å². The van der Waals surface area contributed by atoms with Gasteiger partial charge in [0.25, 0.3) is 5.91 Å². The molecule has 0 spiro atoms. The number of amides is 1. The molecule has 0 aliphatic carbocycles. The van der Waals surface area contributed by atoms with Gasteiger partial charge in [-0.1, -0.05) is 18.2 Å². The monoisotopic (exact) mass is 443 g/mol. The first kappa shape index (κ1) is 22.8. The minimum absolute atomic E-state index is 0.00626. The number of nitrogens with zero attached hydrogens (tertiary/aromatic N) is 1. The fourth-order valence-electron chi connectivity index (χ4n) is 2.85. The molecular weight excluding hydrogens is 423 g/mol. The van der Waals surface area contributed by atoms with Crippen LogP contribution in [0.15, 0.2) is 60.8 Å². The molecule has 6 nitrogen and oxygen atoms in total. The zero-order chi connectivity index (χ0) is 23.3. The summed E-state index contributed by atoms with van der Waals surface area (Å²) in [6.45, 7) is 3.18. The van der Waals surface area contributed by atoms with Crippen LogP contribution in [0, 0.1) is 13.8 Å². The summed E-state index contributed by atoms with van der Waals surface area (Å²) in [5.74, 6) is -1.36. The highest BCUT2D eigenvalue weighted by molar-refractivity contribution is 5.98. The van der Waals surface area contributed by atoms with Gasteiger partial charge in [-0.15, -0.1) is 0 Å². The number of nitrogens with one attached hydrogen (secondary N) is 2. The number of hydrogen-bond donors (Lipinski definition) is 2. The molecule has 0 atom stereocenters. The third-order valence-electron chi connectivity index (χ3n) is 4.48. The van der Waals surface area contributed by atoms with Crippen LogP contribution in [0.3, 0.4) is 0 Å². The van der Waals surface area contributed by atoms with E-state index in [1.54, 1.807) is 6.07 Å². The summed E-state index contributed by atoms with van der Waals surface area (Å²) in [7, 11) is 0. The Morgan fingerprint density at radius 1 is 1.03 bits per heavy atom. The van der Waals surface area contributed by atoms with Crippen molar-refractivity contribution in [3.8, 4) is 0 Å². The van der Waals surface area contributed by atoms with Crippen molar-refractivity contribution in [2.24, 2.45) is 0 Å². The zero-order valence-electron chi connectivity index (χ0n) is 17.3. The maximum atomic E-state index is 12.9. The average Bonchev–Trinajstić information content (AvgIpc) is 2.74. The maximum absolute atomic E-state index is 12.9. The van der Waals surface area contributed by atoms with Crippen LogP contribution in [0.1, 0.15) is 27.0 Å². The molecule has 2 N–H and O–H groups in total. The molecule has 3 aromatic rings. The van der Waals surface area contributed by atoms with Crippen molar-refractivity contribution in [1.29, 1.82) is 0 Å². The number of carbonyl (C=O) groups is 2. The van der Waals surface area contributed by atoms with Crippen LogP contribution in [0.4, 0.5) is 30.4 Å². The predicted octanol–water partition coefficient (Wildman–Crippen LogP) is 5.26. The van der Waals surface area contributed by atoms with Crippen molar-refractivity contribution in [2.45, 2.75) is 20.0 Å². The van der Waals surface area contributed by atoms with Crippen LogP contribution in [-0.2, 0) is 15.7 Å². The zero-order valence-corrected chi connectivity index (χ0v) is 17.3. The molecule has 0 aliphatic rings. The molecule has 0 bridgehead atoms. The molecule has 32 heavy (non-hydrogen) atoms. The Labute approximate surface area is 182 Å². The van der Waals surface area contributed by atoms with Gasteiger partial charge in [0, 0.05) is 17.6 Å². The van der Waals surface area contributed by atoms with E-state index in [1.165, 1.54) is 30.5 Å². The SMILES string of the molecule is Cc1ccc(C)c(NC(=O)COC(=O)c2cccnc2Nc2cccc(C(F)(F)F)c2)c1. The lowest BCUT2D eigenvalue weighted by Gasteiger charge is -2.13. The summed E-state index contributed by atoms with van der Waals surface area (Å²) in [4.78, 5) is 28.7. The third-order valence-corrected chi connectivity index (χ3v) is 4.48. The Bertz CT molecular complexity index is 1150. The van der Waals surface area contributed by atoms with Crippen molar-refractivity contribution in [1.82, 2.24) is 4.98 Å². The fraction of sp³-hybridized carbons (Fsp3) is 0.174. The molecule has 0 radical (unpaired) electrons. The highest BCUT2D eigenvalue weighted by atomic mass is 19.4. The normalized spacial score (nSPS) is 11.0. The predicted molar refractivity (Wildman–Crippen MR) is 114 cm³/mol. The quantitative estimate of drug-likeness (QED) is 0.508. The van der Waals surface area contributed by atoms with Gasteiger partial charge in [0.1, 0.15) is 11.4 Å². The van der Waals surface area contributed by atoms with Crippen molar-refractivity contribution in [3.05, 3.63) is 83.0 Å². The molecule has 1 amide bonds. The van der Waals surface area contributed by atoms with Crippen molar-refractivity contribution >= 4 is 29.1 Å². The Morgan fingerprint density at radius 3 is 2.56 bits per heavy atom. The second-order valence-corrected chi connectivity index (χ2v) is 7.05. The van der Waals surface area contributed by atoms with E-state index < -0.39 is 30.2 Å². The van der Waals surface area contributed by atoms with E-state index in [1.807, 2.05) is 26.0 Å². The number of carbonyl (C=O) groups excluding carboxylic acids is 2. The van der Waals surface area contributed by atoms with Gasteiger partial charge >= 0.3 is 12.1 Å². The molecule has 0 aliphatic heterocycles. The lowest BCUT2D eigenvalue weighted by Crippen LogP contribution is -2.22. The van der Waals surface area contributed by atoms with E-state index in [-0.39, 0.29) is 17.1 Å². The number of alkyl halides is 3. The largest absolute Gasteiger partial charge is 0.452 e. The number of anilines is 3. The smallest absolute Gasteiger partial charge is 0.416 e.